The summed E-state index contributed by atoms with van der Waals surface area (Å²) < 4.78 is 40.5. The highest BCUT2D eigenvalue weighted by atomic mass is 32.1. The number of halogens is 2. The van der Waals surface area contributed by atoms with E-state index in [0.29, 0.717) is 56.1 Å². The van der Waals surface area contributed by atoms with Crippen molar-refractivity contribution in [2.45, 2.75) is 96.4 Å². The number of unbranched alkanes of at least 4 members (excludes halogenated alkanes) is 1. The summed E-state index contributed by atoms with van der Waals surface area (Å²) >= 11 is 1.00. The van der Waals surface area contributed by atoms with Crippen LogP contribution in [0.5, 0.6) is 0 Å². The number of nitrogens with zero attached hydrogens (tertiary/aromatic N) is 3. The first kappa shape index (κ1) is 36.4. The lowest BCUT2D eigenvalue weighted by atomic mass is 9.85. The molecular formula is C33H45F2N4O7PS. The summed E-state index contributed by atoms with van der Waals surface area (Å²) in [6.45, 7) is 9.56. The van der Waals surface area contributed by atoms with Gasteiger partial charge in [-0.2, -0.15) is 8.78 Å². The monoisotopic (exact) mass is 710 g/mol. The Morgan fingerprint density at radius 2 is 1.75 bits per heavy atom. The highest BCUT2D eigenvalue weighted by Crippen LogP contribution is 2.59. The minimum Gasteiger partial charge on any atom is -0.339 e. The van der Waals surface area contributed by atoms with Gasteiger partial charge in [0.1, 0.15) is 12.1 Å². The van der Waals surface area contributed by atoms with Gasteiger partial charge in [0, 0.05) is 42.9 Å². The van der Waals surface area contributed by atoms with E-state index in [1.807, 2.05) is 4.90 Å². The van der Waals surface area contributed by atoms with Gasteiger partial charge >= 0.3 is 13.3 Å². The molecule has 1 unspecified atom stereocenters. The summed E-state index contributed by atoms with van der Waals surface area (Å²) in [5.74, 6) is -0.629. The Morgan fingerprint density at radius 1 is 1.04 bits per heavy atom. The number of alkyl halides is 2. The van der Waals surface area contributed by atoms with Crippen molar-refractivity contribution in [2.24, 2.45) is 11.3 Å². The third-order valence-electron chi connectivity index (χ3n) is 9.90. The summed E-state index contributed by atoms with van der Waals surface area (Å²) in [7, 11) is -5.77. The van der Waals surface area contributed by atoms with Crippen LogP contribution in [-0.2, 0) is 24.6 Å². The second-order valence-electron chi connectivity index (χ2n) is 14.3. The molecule has 264 valence electrons. The number of hydrogen-bond acceptors (Lipinski definition) is 6. The highest BCUT2D eigenvalue weighted by molar-refractivity contribution is 7.52. The van der Waals surface area contributed by atoms with Crippen LogP contribution in [0.3, 0.4) is 0 Å². The van der Waals surface area contributed by atoms with Gasteiger partial charge in [0.2, 0.25) is 17.7 Å². The lowest BCUT2D eigenvalue weighted by Crippen LogP contribution is -2.59. The molecule has 3 N–H and O–H groups in total. The van der Waals surface area contributed by atoms with Gasteiger partial charge in [-0.1, -0.05) is 40.2 Å². The van der Waals surface area contributed by atoms with Crippen LogP contribution >= 0.6 is 18.9 Å². The van der Waals surface area contributed by atoms with Gasteiger partial charge in [0.25, 0.3) is 5.91 Å². The van der Waals surface area contributed by atoms with E-state index >= 15 is 0 Å². The van der Waals surface area contributed by atoms with E-state index in [1.54, 1.807) is 30.6 Å². The van der Waals surface area contributed by atoms with Crippen LogP contribution in [0.25, 0.3) is 10.1 Å². The molecule has 11 nitrogen and oxygen atoms in total. The SMILES string of the molecule is CCCCC(=O)N1CC[C@@H]2CCN(C(=O)[C@@H]3CCCN3C(=O)C(NC(=O)c3cc4cc(C(F)(F)P(=O)(O)O)ccc4s3)C(C)(C)C)C[C@@H]21. The number of rotatable bonds is 9. The van der Waals surface area contributed by atoms with Crippen molar-refractivity contribution in [3.05, 3.63) is 34.7 Å². The molecule has 15 heteroatoms. The van der Waals surface area contributed by atoms with Crippen molar-refractivity contribution in [1.29, 1.82) is 0 Å². The number of carbonyl (C=O) groups excluding carboxylic acids is 4. The van der Waals surface area contributed by atoms with Crippen LogP contribution in [0.1, 0.15) is 87.9 Å². The van der Waals surface area contributed by atoms with Crippen LogP contribution < -0.4 is 5.32 Å². The molecule has 4 heterocycles. The van der Waals surface area contributed by atoms with Gasteiger partial charge in [0.15, 0.2) is 0 Å². The molecule has 0 saturated carbocycles. The van der Waals surface area contributed by atoms with Gasteiger partial charge in [-0.25, -0.2) is 0 Å². The zero-order valence-electron chi connectivity index (χ0n) is 27.8. The van der Waals surface area contributed by atoms with E-state index in [0.717, 1.165) is 49.2 Å². The summed E-state index contributed by atoms with van der Waals surface area (Å²) in [5, 5.41) is 3.03. The molecule has 3 aliphatic rings. The van der Waals surface area contributed by atoms with Gasteiger partial charge in [0.05, 0.1) is 10.9 Å². The molecular weight excluding hydrogens is 665 g/mol. The van der Waals surface area contributed by atoms with Crippen molar-refractivity contribution < 1.29 is 42.3 Å². The number of carbonyl (C=O) groups is 4. The number of fused-ring (bicyclic) bond motifs is 2. The first-order chi connectivity index (χ1) is 22.4. The fourth-order valence-corrected chi connectivity index (χ4v) is 8.57. The van der Waals surface area contributed by atoms with Gasteiger partial charge in [-0.3, -0.25) is 23.7 Å². The molecule has 1 aromatic carbocycles. The maximum atomic E-state index is 14.3. The molecule has 5 rings (SSSR count). The third kappa shape index (κ3) is 7.18. The molecule has 1 aromatic heterocycles. The lowest BCUT2D eigenvalue weighted by Gasteiger charge is -2.41. The van der Waals surface area contributed by atoms with E-state index < -0.39 is 42.2 Å². The average molecular weight is 711 g/mol. The number of amides is 4. The van der Waals surface area contributed by atoms with Crippen LogP contribution in [0, 0.1) is 11.3 Å². The molecule has 0 bridgehead atoms. The Bertz CT molecular complexity index is 1620. The fraction of sp³-hybridized carbons (Fsp3) is 0.636. The predicted octanol–water partition coefficient (Wildman–Crippen LogP) is 4.90. The van der Waals surface area contributed by atoms with Crippen LogP contribution in [0.2, 0.25) is 0 Å². The third-order valence-corrected chi connectivity index (χ3v) is 12.0. The maximum Gasteiger partial charge on any atom is 0.399 e. The number of thiophene rings is 1. The molecule has 4 amide bonds. The Labute approximate surface area is 283 Å². The second-order valence-corrected chi connectivity index (χ2v) is 17.0. The van der Waals surface area contributed by atoms with E-state index in [2.05, 4.69) is 12.2 Å². The lowest BCUT2D eigenvalue weighted by molar-refractivity contribution is -0.148. The van der Waals surface area contributed by atoms with Crippen LogP contribution in [0.15, 0.2) is 24.3 Å². The predicted molar refractivity (Wildman–Crippen MR) is 178 cm³/mol. The minimum atomic E-state index is -5.77. The number of nitrogens with one attached hydrogen (secondary N) is 1. The standard InChI is InChI=1S/C33H45F2N4O7PS/c1-5-6-9-27(40)38-16-13-20-12-15-37(19-24(20)38)30(42)23-8-7-14-39(23)31(43)28(32(2,3)4)36-29(41)26-18-21-17-22(10-11-25(21)48-26)33(34,35)47(44,45)46/h10-11,17-18,20,23-24,28H,5-9,12-16,19H2,1-4H3,(H,36,41)(H2,44,45,46)/t20-,23-,24-,28?/m0/s1. The van der Waals surface area contributed by atoms with E-state index in [9.17, 15) is 32.5 Å². The largest absolute Gasteiger partial charge is 0.399 e. The quantitative estimate of drug-likeness (QED) is 0.314. The first-order valence-electron chi connectivity index (χ1n) is 16.6. The van der Waals surface area contributed by atoms with Crippen molar-refractivity contribution in [3.8, 4) is 0 Å². The van der Waals surface area contributed by atoms with Crippen molar-refractivity contribution in [2.75, 3.05) is 26.2 Å². The van der Waals surface area contributed by atoms with Gasteiger partial charge in [-0.05, 0) is 67.0 Å². The smallest absolute Gasteiger partial charge is 0.339 e. The topological polar surface area (TPSA) is 148 Å². The average Bonchev–Trinajstić information content (AvgIpc) is 3.78. The van der Waals surface area contributed by atoms with Gasteiger partial charge < -0.3 is 29.8 Å². The van der Waals surface area contributed by atoms with Crippen LogP contribution in [-0.4, -0.2) is 92.4 Å². The van der Waals surface area contributed by atoms with Crippen molar-refractivity contribution in [3.63, 3.8) is 0 Å². The molecule has 0 spiro atoms. The molecule has 2 aromatic rings. The normalized spacial score (nSPS) is 22.6. The number of hydrogen-bond donors (Lipinski definition) is 3. The maximum absolute atomic E-state index is 14.3. The summed E-state index contributed by atoms with van der Waals surface area (Å²) in [5.41, 5.74) is -6.01. The Kier molecular flexibility index (Phi) is 10.4. The molecule has 3 saturated heterocycles. The van der Waals surface area contributed by atoms with E-state index in [4.69, 9.17) is 9.79 Å². The zero-order chi connectivity index (χ0) is 35.2. The summed E-state index contributed by atoms with van der Waals surface area (Å²) in [6, 6.07) is 2.79. The number of piperidine rings is 1. The second kappa shape index (κ2) is 13.8. The summed E-state index contributed by atoms with van der Waals surface area (Å²) in [6.07, 6.45) is 5.16. The Morgan fingerprint density at radius 3 is 2.42 bits per heavy atom. The first-order valence-corrected chi connectivity index (χ1v) is 19.0. The number of benzene rings is 1. The fourth-order valence-electron chi connectivity index (χ4n) is 7.15. The van der Waals surface area contributed by atoms with E-state index in [1.165, 1.54) is 12.1 Å². The molecule has 0 aliphatic carbocycles. The molecule has 3 fully saturated rings. The zero-order valence-corrected chi connectivity index (χ0v) is 29.5. The minimum absolute atomic E-state index is 0.0142. The highest BCUT2D eigenvalue weighted by Gasteiger charge is 2.50. The van der Waals surface area contributed by atoms with Crippen molar-refractivity contribution >= 4 is 52.6 Å². The summed E-state index contributed by atoms with van der Waals surface area (Å²) in [4.78, 5) is 78.2. The Balaban J connectivity index is 1.30. The van der Waals surface area contributed by atoms with Gasteiger partial charge in [-0.15, -0.1) is 11.3 Å². The Hall–Kier alpha value is -2.93. The van der Waals surface area contributed by atoms with E-state index in [-0.39, 0.29) is 34.0 Å². The molecule has 3 aliphatic heterocycles. The molecule has 48 heavy (non-hydrogen) atoms. The van der Waals surface area contributed by atoms with Crippen molar-refractivity contribution in [1.82, 2.24) is 20.0 Å². The number of likely N-dealkylation sites (tertiary alicyclic amines) is 3. The van der Waals surface area contributed by atoms with Crippen LogP contribution in [0.4, 0.5) is 8.78 Å². The molecule has 4 atom stereocenters. The molecule has 0 radical (unpaired) electrons.